The fourth-order valence-corrected chi connectivity index (χ4v) is 4.11. The van der Waals surface area contributed by atoms with Crippen molar-refractivity contribution in [2.24, 2.45) is 0 Å². The van der Waals surface area contributed by atoms with Crippen LogP contribution in [0.5, 0.6) is 5.75 Å². The van der Waals surface area contributed by atoms with Gasteiger partial charge in [-0.3, -0.25) is 19.4 Å². The van der Waals surface area contributed by atoms with Gasteiger partial charge in [0.15, 0.2) is 0 Å². The van der Waals surface area contributed by atoms with Gasteiger partial charge in [0.05, 0.1) is 11.3 Å². The Bertz CT molecular complexity index is 1260. The Morgan fingerprint density at radius 3 is 2.66 bits per heavy atom. The Hall–Kier alpha value is -3.46. The molecule has 32 heavy (non-hydrogen) atoms. The third kappa shape index (κ3) is 3.80. The number of carbonyl (C=O) groups excluding carboxylic acids is 2. The summed E-state index contributed by atoms with van der Waals surface area (Å²) in [6.07, 6.45) is 1.61. The zero-order chi connectivity index (χ0) is 22.8. The number of hydrogen-bond donors (Lipinski definition) is 1. The number of benzene rings is 2. The van der Waals surface area contributed by atoms with E-state index in [-0.39, 0.29) is 30.3 Å². The summed E-state index contributed by atoms with van der Waals surface area (Å²) in [4.78, 5) is 42.5. The molecule has 8 nitrogen and oxygen atoms in total. The van der Waals surface area contributed by atoms with Gasteiger partial charge in [0.1, 0.15) is 5.75 Å². The molecule has 1 aliphatic rings. The Labute approximate surface area is 189 Å². The number of ether oxygens (including phenoxy) is 1. The first kappa shape index (κ1) is 21.8. The molecule has 2 heterocycles. The average Bonchev–Trinajstić information content (AvgIpc) is 2.82. The highest BCUT2D eigenvalue weighted by Gasteiger charge is 2.45. The van der Waals surface area contributed by atoms with Crippen LogP contribution in [0.3, 0.4) is 0 Å². The number of amides is 1. The Kier molecular flexibility index (Phi) is 6.09. The molecular formula is C23H23N4O4S+. The Balaban J connectivity index is 1.99. The molecule has 0 fully saturated rings. The van der Waals surface area contributed by atoms with Crippen LogP contribution in [0.4, 0.5) is 5.69 Å². The molecule has 3 aromatic rings. The highest BCUT2D eigenvalue weighted by Crippen LogP contribution is 2.38. The van der Waals surface area contributed by atoms with E-state index >= 15 is 0 Å². The first-order valence-electron chi connectivity index (χ1n) is 10.3. The molecule has 164 valence electrons. The number of nitrogens with one attached hydrogen (secondary N) is 1. The first-order valence-corrected chi connectivity index (χ1v) is 11.5. The summed E-state index contributed by atoms with van der Waals surface area (Å²) in [5.74, 6) is -0.108. The minimum absolute atomic E-state index is 0.121. The molecule has 0 saturated carbocycles. The van der Waals surface area contributed by atoms with Gasteiger partial charge in [-0.1, -0.05) is 43.8 Å². The van der Waals surface area contributed by atoms with Crippen LogP contribution in [0.2, 0.25) is 0 Å². The second-order valence-electron chi connectivity index (χ2n) is 7.16. The van der Waals surface area contributed by atoms with E-state index in [1.165, 1.54) is 11.8 Å². The zero-order valence-electron chi connectivity index (χ0n) is 18.0. The van der Waals surface area contributed by atoms with E-state index < -0.39 is 6.17 Å². The number of aromatic amines is 1. The minimum Gasteiger partial charge on any atom is -0.427 e. The number of fused-ring (bicyclic) bond motifs is 3. The summed E-state index contributed by atoms with van der Waals surface area (Å²) < 4.78 is 6.98. The summed E-state index contributed by atoms with van der Waals surface area (Å²) in [6.45, 7) is 3.51. The average molecular weight is 452 g/mol. The summed E-state index contributed by atoms with van der Waals surface area (Å²) in [6, 6.07) is 14.3. The second kappa shape index (κ2) is 8.96. The number of hydrogen-bond acceptors (Lipinski definition) is 6. The molecule has 1 N–H and O–H groups in total. The quantitative estimate of drug-likeness (QED) is 0.277. The fraction of sp³-hybridized carbons (Fsp3) is 0.261. The molecule has 1 aliphatic heterocycles. The van der Waals surface area contributed by atoms with Crippen LogP contribution in [0.1, 0.15) is 38.4 Å². The van der Waals surface area contributed by atoms with E-state index in [1.807, 2.05) is 36.6 Å². The number of esters is 1. The van der Waals surface area contributed by atoms with Crippen molar-refractivity contribution in [2.75, 3.05) is 11.2 Å². The van der Waals surface area contributed by atoms with Crippen molar-refractivity contribution in [1.82, 2.24) is 10.1 Å². The van der Waals surface area contributed by atoms with E-state index in [0.29, 0.717) is 33.4 Å². The molecule has 0 bridgehead atoms. The fourth-order valence-electron chi connectivity index (χ4n) is 3.75. The number of para-hydroxylation sites is 1. The predicted molar refractivity (Wildman–Crippen MR) is 121 cm³/mol. The number of carbonyl (C=O) groups is 2. The van der Waals surface area contributed by atoms with Gasteiger partial charge < -0.3 is 4.74 Å². The number of aromatic nitrogens is 3. The number of nitrogens with zero attached hydrogens (tertiary/aromatic N) is 3. The monoisotopic (exact) mass is 451 g/mol. The number of H-pyrrole nitrogens is 1. The maximum atomic E-state index is 13.2. The summed E-state index contributed by atoms with van der Waals surface area (Å²) >= 11 is 1.30. The lowest BCUT2D eigenvalue weighted by molar-refractivity contribution is -0.763. The third-order valence-corrected chi connectivity index (χ3v) is 5.77. The molecule has 0 saturated heterocycles. The van der Waals surface area contributed by atoms with Crippen molar-refractivity contribution in [3.05, 3.63) is 64.4 Å². The normalized spacial score (nSPS) is 14.5. The number of anilines is 1. The van der Waals surface area contributed by atoms with Gasteiger partial charge in [-0.2, -0.15) is 0 Å². The molecule has 0 aliphatic carbocycles. The van der Waals surface area contributed by atoms with Crippen LogP contribution < -0.4 is 19.9 Å². The maximum Gasteiger partial charge on any atom is 0.325 e. The van der Waals surface area contributed by atoms with Crippen LogP contribution in [0, 0.1) is 0 Å². The standard InChI is InChI=1S/C23H22N4O4S/c1-4-18(28)26-17-12-7-6-11-16(17)20-21(30)24-23(32-3)25-27(20)22(26)14-9-8-10-15(13-14)31-19(29)5-2/h6-13,22H,4-5H2,1-3H3/p+1/t22-/m1/s1. The first-order chi connectivity index (χ1) is 15.5. The molecular weight excluding hydrogens is 428 g/mol. The highest BCUT2D eigenvalue weighted by molar-refractivity contribution is 7.98. The summed E-state index contributed by atoms with van der Waals surface area (Å²) in [5, 5.41) is 5.08. The lowest BCUT2D eigenvalue weighted by Crippen LogP contribution is -2.60. The Morgan fingerprint density at radius 2 is 1.94 bits per heavy atom. The van der Waals surface area contributed by atoms with Gasteiger partial charge in [-0.05, 0) is 41.3 Å². The van der Waals surface area contributed by atoms with Crippen molar-refractivity contribution >= 4 is 29.3 Å². The molecule has 2 aromatic carbocycles. The number of rotatable bonds is 5. The van der Waals surface area contributed by atoms with Crippen molar-refractivity contribution in [3.8, 4) is 17.0 Å². The van der Waals surface area contributed by atoms with Gasteiger partial charge in [0, 0.05) is 23.5 Å². The molecule has 1 atom stereocenters. The van der Waals surface area contributed by atoms with E-state index in [1.54, 1.807) is 41.6 Å². The molecule has 1 aromatic heterocycles. The van der Waals surface area contributed by atoms with Crippen LogP contribution in [-0.4, -0.2) is 28.2 Å². The molecule has 0 spiro atoms. The van der Waals surface area contributed by atoms with Gasteiger partial charge in [-0.25, -0.2) is 4.90 Å². The zero-order valence-corrected chi connectivity index (χ0v) is 18.8. The minimum atomic E-state index is -0.721. The van der Waals surface area contributed by atoms with E-state index in [4.69, 9.17) is 4.74 Å². The van der Waals surface area contributed by atoms with Gasteiger partial charge in [0.2, 0.25) is 11.1 Å². The second-order valence-corrected chi connectivity index (χ2v) is 7.96. The smallest absolute Gasteiger partial charge is 0.325 e. The van der Waals surface area contributed by atoms with Crippen LogP contribution in [0.25, 0.3) is 11.3 Å². The van der Waals surface area contributed by atoms with Crippen LogP contribution in [-0.2, 0) is 9.59 Å². The summed E-state index contributed by atoms with van der Waals surface area (Å²) in [5.41, 5.74) is 1.99. The lowest BCUT2D eigenvalue weighted by atomic mass is 10.0. The van der Waals surface area contributed by atoms with Crippen LogP contribution >= 0.6 is 11.8 Å². The van der Waals surface area contributed by atoms with Crippen molar-refractivity contribution in [3.63, 3.8) is 0 Å². The van der Waals surface area contributed by atoms with Crippen molar-refractivity contribution in [2.45, 2.75) is 38.0 Å². The highest BCUT2D eigenvalue weighted by atomic mass is 32.2. The molecule has 9 heteroatoms. The van der Waals surface area contributed by atoms with E-state index in [9.17, 15) is 14.4 Å². The maximum absolute atomic E-state index is 13.2. The SMILES string of the molecule is CCC(=O)Oc1cccc([C@@H]2N(C(=O)CC)c3ccccc3-c3c(=O)[nH]c(SC)n[n+]32)c1. The van der Waals surface area contributed by atoms with Gasteiger partial charge >= 0.3 is 17.2 Å². The molecule has 0 unspecified atom stereocenters. The summed E-state index contributed by atoms with van der Waals surface area (Å²) in [7, 11) is 0. The van der Waals surface area contributed by atoms with Crippen molar-refractivity contribution < 1.29 is 19.0 Å². The van der Waals surface area contributed by atoms with E-state index in [2.05, 4.69) is 10.1 Å². The molecule has 4 rings (SSSR count). The Morgan fingerprint density at radius 1 is 1.16 bits per heavy atom. The van der Waals surface area contributed by atoms with E-state index in [0.717, 1.165) is 0 Å². The molecule has 1 amide bonds. The molecule has 0 radical (unpaired) electrons. The topological polar surface area (TPSA) is 96.2 Å². The lowest BCUT2D eigenvalue weighted by Gasteiger charge is -2.32. The predicted octanol–water partition coefficient (Wildman–Crippen LogP) is 3.07. The van der Waals surface area contributed by atoms with Gasteiger partial charge in [0.25, 0.3) is 6.17 Å². The largest absolute Gasteiger partial charge is 0.427 e. The van der Waals surface area contributed by atoms with Crippen molar-refractivity contribution in [1.29, 1.82) is 0 Å². The third-order valence-electron chi connectivity index (χ3n) is 5.20. The van der Waals surface area contributed by atoms with Crippen LogP contribution in [0.15, 0.2) is 58.5 Å². The van der Waals surface area contributed by atoms with Gasteiger partial charge in [-0.15, -0.1) is 0 Å². The number of thioether (sulfide) groups is 1.